The molecule has 168 valence electrons. The van der Waals surface area contributed by atoms with Gasteiger partial charge in [0, 0.05) is 0 Å². The van der Waals surface area contributed by atoms with Crippen LogP contribution in [0, 0.1) is 5.92 Å². The molecule has 0 spiro atoms. The summed E-state index contributed by atoms with van der Waals surface area (Å²) in [6, 6.07) is 14.9. The van der Waals surface area contributed by atoms with Gasteiger partial charge in [0.25, 0.3) is 0 Å². The topological polar surface area (TPSA) is 58.2 Å². The van der Waals surface area contributed by atoms with E-state index >= 15 is 0 Å². The number of rotatable bonds is 5. The first kappa shape index (κ1) is 22.1. The quantitative estimate of drug-likeness (QED) is 0.646. The van der Waals surface area contributed by atoms with Crippen LogP contribution in [0.15, 0.2) is 60.7 Å². The van der Waals surface area contributed by atoms with Crippen molar-refractivity contribution in [3.05, 3.63) is 77.4 Å². The lowest BCUT2D eigenvalue weighted by molar-refractivity contribution is -0.171. The number of carbonyl (C=O) groups is 2. The zero-order valence-corrected chi connectivity index (χ0v) is 17.5. The van der Waals surface area contributed by atoms with Crippen LogP contribution in [0.2, 0.25) is 0 Å². The van der Waals surface area contributed by atoms with Crippen LogP contribution < -0.4 is 10.6 Å². The molecule has 0 saturated carbocycles. The van der Waals surface area contributed by atoms with Gasteiger partial charge < -0.3 is 10.6 Å². The van der Waals surface area contributed by atoms with E-state index in [2.05, 4.69) is 11.4 Å². The van der Waals surface area contributed by atoms with Gasteiger partial charge in [0.2, 0.25) is 11.8 Å². The molecule has 1 fully saturated rings. The van der Waals surface area contributed by atoms with Crippen LogP contribution in [0.4, 0.5) is 13.2 Å². The molecule has 1 aliphatic carbocycles. The van der Waals surface area contributed by atoms with E-state index < -0.39 is 36.0 Å². The number of benzene rings is 2. The van der Waals surface area contributed by atoms with E-state index in [1.165, 1.54) is 5.57 Å². The van der Waals surface area contributed by atoms with Crippen molar-refractivity contribution in [2.24, 2.45) is 5.92 Å². The molecule has 3 unspecified atom stereocenters. The van der Waals surface area contributed by atoms with Crippen molar-refractivity contribution in [2.75, 3.05) is 0 Å². The lowest BCUT2D eigenvalue weighted by Gasteiger charge is -2.31. The van der Waals surface area contributed by atoms with Crippen LogP contribution in [0.3, 0.4) is 0 Å². The molecule has 7 heteroatoms. The Hall–Kier alpha value is -3.09. The Morgan fingerprint density at radius 1 is 1.00 bits per heavy atom. The second kappa shape index (κ2) is 9.18. The highest BCUT2D eigenvalue weighted by atomic mass is 19.4. The maximum absolute atomic E-state index is 12.9. The summed E-state index contributed by atoms with van der Waals surface area (Å²) in [5, 5.41) is 4.84. The summed E-state index contributed by atoms with van der Waals surface area (Å²) in [6.45, 7) is 0. The summed E-state index contributed by atoms with van der Waals surface area (Å²) in [7, 11) is 0. The number of amides is 2. The molecular weight excluding hydrogens is 417 g/mol. The van der Waals surface area contributed by atoms with E-state index in [4.69, 9.17) is 0 Å². The highest BCUT2D eigenvalue weighted by Crippen LogP contribution is 2.31. The molecule has 2 aromatic carbocycles. The van der Waals surface area contributed by atoms with Crippen LogP contribution in [0.25, 0.3) is 5.57 Å². The summed E-state index contributed by atoms with van der Waals surface area (Å²) in [5.74, 6) is -2.60. The van der Waals surface area contributed by atoms with E-state index in [0.717, 1.165) is 36.0 Å². The average Bonchev–Trinajstić information content (AvgIpc) is 3.32. The smallest absolute Gasteiger partial charge is 0.344 e. The fraction of sp³-hybridized carbons (Fsp3) is 0.360. The third kappa shape index (κ3) is 4.87. The maximum Gasteiger partial charge on any atom is 0.408 e. The van der Waals surface area contributed by atoms with Crippen LogP contribution >= 0.6 is 0 Å². The molecule has 1 aliphatic heterocycles. The molecule has 32 heavy (non-hydrogen) atoms. The molecule has 2 aromatic rings. The summed E-state index contributed by atoms with van der Waals surface area (Å²) in [4.78, 5) is 25.2. The third-order valence-electron chi connectivity index (χ3n) is 6.16. The molecule has 0 aromatic heterocycles. The molecule has 0 radical (unpaired) electrons. The third-order valence-corrected chi connectivity index (χ3v) is 6.16. The fourth-order valence-electron chi connectivity index (χ4n) is 4.37. The Labute approximate surface area is 184 Å². The lowest BCUT2D eigenvalue weighted by atomic mass is 9.91. The van der Waals surface area contributed by atoms with Crippen molar-refractivity contribution >= 4 is 17.4 Å². The van der Waals surface area contributed by atoms with Crippen molar-refractivity contribution in [3.63, 3.8) is 0 Å². The highest BCUT2D eigenvalue weighted by Gasteiger charge is 2.46. The lowest BCUT2D eigenvalue weighted by Crippen LogP contribution is -2.54. The second-order valence-electron chi connectivity index (χ2n) is 8.33. The molecule has 2 N–H and O–H groups in total. The van der Waals surface area contributed by atoms with Gasteiger partial charge in [-0.15, -0.1) is 0 Å². The standard InChI is InChI=1S/C25H25F3N2O2/c26-25(27,28)21-15-14-20(23(31)29-21)24(32)30-22(18-8-2-1-3-9-18)19-12-10-17(11-13-19)16-6-4-5-7-16/h1-3,6,8-13,20-22H,4-5,7,14-15H2,(H,29,31)(H,30,32). The average molecular weight is 442 g/mol. The summed E-state index contributed by atoms with van der Waals surface area (Å²) >= 11 is 0. The van der Waals surface area contributed by atoms with Gasteiger partial charge in [0.1, 0.15) is 12.0 Å². The van der Waals surface area contributed by atoms with Crippen LogP contribution in [-0.4, -0.2) is 24.0 Å². The number of alkyl halides is 3. The van der Waals surface area contributed by atoms with E-state index in [-0.39, 0.29) is 12.8 Å². The number of hydrogen-bond donors (Lipinski definition) is 2. The minimum atomic E-state index is -4.51. The molecule has 3 atom stereocenters. The van der Waals surface area contributed by atoms with Crippen molar-refractivity contribution < 1.29 is 22.8 Å². The summed E-state index contributed by atoms with van der Waals surface area (Å²) in [6.07, 6.45) is 0.551. The molecule has 2 aliphatic rings. The second-order valence-corrected chi connectivity index (χ2v) is 8.33. The number of piperidine rings is 1. The molecule has 1 saturated heterocycles. The Morgan fingerprint density at radius 2 is 1.69 bits per heavy atom. The van der Waals surface area contributed by atoms with E-state index in [9.17, 15) is 22.8 Å². The molecule has 4 rings (SSSR count). The van der Waals surface area contributed by atoms with Gasteiger partial charge in [-0.25, -0.2) is 0 Å². The van der Waals surface area contributed by atoms with E-state index in [1.54, 1.807) is 0 Å². The minimum absolute atomic E-state index is 0.142. The van der Waals surface area contributed by atoms with Crippen LogP contribution in [-0.2, 0) is 9.59 Å². The van der Waals surface area contributed by atoms with Gasteiger partial charge in [-0.05, 0) is 54.4 Å². The van der Waals surface area contributed by atoms with Gasteiger partial charge in [-0.2, -0.15) is 13.2 Å². The molecule has 0 bridgehead atoms. The largest absolute Gasteiger partial charge is 0.408 e. The van der Waals surface area contributed by atoms with Gasteiger partial charge >= 0.3 is 6.18 Å². The Bertz CT molecular complexity index is 1000. The first-order valence-electron chi connectivity index (χ1n) is 10.8. The normalized spacial score (nSPS) is 22.1. The van der Waals surface area contributed by atoms with Gasteiger partial charge in [0.15, 0.2) is 0 Å². The Morgan fingerprint density at radius 3 is 2.28 bits per heavy atom. The van der Waals surface area contributed by atoms with Crippen LogP contribution in [0.5, 0.6) is 0 Å². The number of halogens is 3. The van der Waals surface area contributed by atoms with E-state index in [1.807, 2.05) is 59.9 Å². The predicted molar refractivity (Wildman–Crippen MR) is 115 cm³/mol. The zero-order valence-electron chi connectivity index (χ0n) is 17.5. The maximum atomic E-state index is 12.9. The number of nitrogens with one attached hydrogen (secondary N) is 2. The summed E-state index contributed by atoms with van der Waals surface area (Å²) in [5.41, 5.74) is 4.14. The molecule has 1 heterocycles. The molecule has 2 amide bonds. The monoisotopic (exact) mass is 442 g/mol. The minimum Gasteiger partial charge on any atom is -0.344 e. The van der Waals surface area contributed by atoms with E-state index in [0.29, 0.717) is 0 Å². The van der Waals surface area contributed by atoms with Crippen molar-refractivity contribution in [2.45, 2.75) is 50.4 Å². The number of carbonyl (C=O) groups excluding carboxylic acids is 2. The fourth-order valence-corrected chi connectivity index (χ4v) is 4.37. The predicted octanol–water partition coefficient (Wildman–Crippen LogP) is 4.92. The summed E-state index contributed by atoms with van der Waals surface area (Å²) < 4.78 is 38.8. The van der Waals surface area contributed by atoms with Crippen molar-refractivity contribution in [1.82, 2.24) is 10.6 Å². The first-order chi connectivity index (χ1) is 15.3. The molecule has 4 nitrogen and oxygen atoms in total. The Balaban J connectivity index is 1.53. The number of allylic oxidation sites excluding steroid dienone is 2. The SMILES string of the molecule is O=C(NC(c1ccccc1)c1ccc(C2=CCCC2)cc1)C1CCC(C(F)(F)F)NC1=O. The van der Waals surface area contributed by atoms with Crippen LogP contribution in [0.1, 0.15) is 54.8 Å². The van der Waals surface area contributed by atoms with Gasteiger partial charge in [-0.1, -0.05) is 60.7 Å². The number of hydrogen-bond acceptors (Lipinski definition) is 2. The highest BCUT2D eigenvalue weighted by molar-refractivity contribution is 6.01. The Kier molecular flexibility index (Phi) is 6.35. The van der Waals surface area contributed by atoms with Gasteiger partial charge in [-0.3, -0.25) is 9.59 Å². The first-order valence-corrected chi connectivity index (χ1v) is 10.8. The molecular formula is C25H25F3N2O2. The van der Waals surface area contributed by atoms with Crippen molar-refractivity contribution in [3.8, 4) is 0 Å². The van der Waals surface area contributed by atoms with Gasteiger partial charge in [0.05, 0.1) is 6.04 Å². The zero-order chi connectivity index (χ0) is 22.7. The van der Waals surface area contributed by atoms with Crippen molar-refractivity contribution in [1.29, 1.82) is 0 Å².